The Hall–Kier alpha value is -0.890. The first kappa shape index (κ1) is 9.66. The van der Waals surface area contributed by atoms with E-state index in [0.717, 1.165) is 17.9 Å². The van der Waals surface area contributed by atoms with Crippen LogP contribution in [-0.2, 0) is 6.42 Å². The van der Waals surface area contributed by atoms with Crippen LogP contribution in [0.2, 0.25) is 0 Å². The zero-order valence-electron chi connectivity index (χ0n) is 8.66. The molecule has 0 aliphatic rings. The topological polar surface area (TPSA) is 12.9 Å². The van der Waals surface area contributed by atoms with Gasteiger partial charge in [0.15, 0.2) is 0 Å². The van der Waals surface area contributed by atoms with Crippen LogP contribution in [0.25, 0.3) is 10.2 Å². The van der Waals surface area contributed by atoms with E-state index >= 15 is 0 Å². The molecule has 0 bridgehead atoms. The van der Waals surface area contributed by atoms with Crippen LogP contribution in [-0.4, -0.2) is 4.98 Å². The molecule has 2 rings (SSSR count). The van der Waals surface area contributed by atoms with Crippen LogP contribution in [0.3, 0.4) is 0 Å². The number of benzene rings is 1. The first-order chi connectivity index (χ1) is 6.75. The molecule has 0 fully saturated rings. The molecule has 1 nitrogen and oxygen atoms in total. The van der Waals surface area contributed by atoms with E-state index in [2.05, 4.69) is 37.0 Å². The highest BCUT2D eigenvalue weighted by Crippen LogP contribution is 2.23. The van der Waals surface area contributed by atoms with E-state index in [1.165, 1.54) is 16.1 Å². The van der Waals surface area contributed by atoms with E-state index in [9.17, 15) is 0 Å². The molecule has 74 valence electrons. The van der Waals surface area contributed by atoms with Gasteiger partial charge in [-0.2, -0.15) is 0 Å². The molecule has 1 aromatic heterocycles. The van der Waals surface area contributed by atoms with Crippen molar-refractivity contribution in [3.8, 4) is 0 Å². The van der Waals surface area contributed by atoms with Crippen LogP contribution in [0.4, 0.5) is 0 Å². The molecular weight excluding hydrogens is 190 g/mol. The fourth-order valence-corrected chi connectivity index (χ4v) is 2.42. The maximum Gasteiger partial charge on any atom is 0.0938 e. The minimum Gasteiger partial charge on any atom is -0.241 e. The lowest BCUT2D eigenvalue weighted by atomic mass is 10.1. The Bertz CT molecular complexity index is 384. The van der Waals surface area contributed by atoms with Gasteiger partial charge in [-0.3, -0.25) is 0 Å². The summed E-state index contributed by atoms with van der Waals surface area (Å²) in [6.07, 6.45) is 2.36. The molecular formula is C12H15NS. The number of rotatable bonds is 3. The number of para-hydroxylation sites is 1. The second-order valence-electron chi connectivity index (χ2n) is 4.01. The largest absolute Gasteiger partial charge is 0.241 e. The van der Waals surface area contributed by atoms with Crippen molar-refractivity contribution < 1.29 is 0 Å². The summed E-state index contributed by atoms with van der Waals surface area (Å²) in [7, 11) is 0. The number of nitrogens with zero attached hydrogens (tertiary/aromatic N) is 1. The number of hydrogen-bond donors (Lipinski definition) is 0. The second-order valence-corrected chi connectivity index (χ2v) is 5.12. The summed E-state index contributed by atoms with van der Waals surface area (Å²) >= 11 is 1.83. The Morgan fingerprint density at radius 1 is 1.29 bits per heavy atom. The lowest BCUT2D eigenvalue weighted by Gasteiger charge is -1.99. The SMILES string of the molecule is CC(C)CCc1nc2ccccc2s1. The van der Waals surface area contributed by atoms with Crippen molar-refractivity contribution in [3.05, 3.63) is 29.3 Å². The molecule has 1 heterocycles. The molecule has 0 saturated carbocycles. The predicted molar refractivity (Wildman–Crippen MR) is 62.8 cm³/mol. The summed E-state index contributed by atoms with van der Waals surface area (Å²) in [5.74, 6) is 0.766. The Morgan fingerprint density at radius 2 is 2.07 bits per heavy atom. The van der Waals surface area contributed by atoms with Gasteiger partial charge in [-0.15, -0.1) is 11.3 Å². The van der Waals surface area contributed by atoms with Gasteiger partial charge in [-0.1, -0.05) is 26.0 Å². The first-order valence-electron chi connectivity index (χ1n) is 5.10. The van der Waals surface area contributed by atoms with Gasteiger partial charge in [0.1, 0.15) is 0 Å². The summed E-state index contributed by atoms with van der Waals surface area (Å²) in [6, 6.07) is 8.36. The van der Waals surface area contributed by atoms with Gasteiger partial charge in [0.25, 0.3) is 0 Å². The number of aromatic nitrogens is 1. The summed E-state index contributed by atoms with van der Waals surface area (Å²) in [4.78, 5) is 4.60. The molecule has 0 unspecified atom stereocenters. The summed E-state index contributed by atoms with van der Waals surface area (Å²) in [5.41, 5.74) is 1.15. The quantitative estimate of drug-likeness (QED) is 0.741. The highest BCUT2D eigenvalue weighted by Gasteiger charge is 2.03. The van der Waals surface area contributed by atoms with E-state index in [1.807, 2.05) is 17.4 Å². The van der Waals surface area contributed by atoms with Crippen LogP contribution in [0.1, 0.15) is 25.3 Å². The lowest BCUT2D eigenvalue weighted by molar-refractivity contribution is 0.586. The number of fused-ring (bicyclic) bond motifs is 1. The monoisotopic (exact) mass is 205 g/mol. The lowest BCUT2D eigenvalue weighted by Crippen LogP contribution is -1.90. The van der Waals surface area contributed by atoms with E-state index in [1.54, 1.807) is 0 Å². The van der Waals surface area contributed by atoms with Crippen molar-refractivity contribution in [3.63, 3.8) is 0 Å². The highest BCUT2D eigenvalue weighted by molar-refractivity contribution is 7.18. The molecule has 14 heavy (non-hydrogen) atoms. The van der Waals surface area contributed by atoms with Crippen molar-refractivity contribution in [1.29, 1.82) is 0 Å². The van der Waals surface area contributed by atoms with Crippen molar-refractivity contribution in [1.82, 2.24) is 4.98 Å². The third kappa shape index (κ3) is 2.13. The summed E-state index contributed by atoms with van der Waals surface area (Å²) < 4.78 is 1.31. The minimum absolute atomic E-state index is 0.766. The molecule has 1 aromatic carbocycles. The Morgan fingerprint density at radius 3 is 2.79 bits per heavy atom. The molecule has 0 spiro atoms. The summed E-state index contributed by atoms with van der Waals surface area (Å²) in [5, 5.41) is 1.28. The van der Waals surface area contributed by atoms with E-state index < -0.39 is 0 Å². The maximum atomic E-state index is 4.60. The highest BCUT2D eigenvalue weighted by atomic mass is 32.1. The number of aryl methyl sites for hydroxylation is 1. The van der Waals surface area contributed by atoms with Crippen molar-refractivity contribution >= 4 is 21.6 Å². The van der Waals surface area contributed by atoms with Crippen LogP contribution >= 0.6 is 11.3 Å². The van der Waals surface area contributed by atoms with Crippen LogP contribution in [0.5, 0.6) is 0 Å². The summed E-state index contributed by atoms with van der Waals surface area (Å²) in [6.45, 7) is 4.51. The second kappa shape index (κ2) is 4.09. The standard InChI is InChI=1S/C12H15NS/c1-9(2)7-8-12-13-10-5-3-4-6-11(10)14-12/h3-6,9H,7-8H2,1-2H3. The molecule has 0 aliphatic carbocycles. The molecule has 2 heteroatoms. The normalized spacial score (nSPS) is 11.4. The molecule has 0 saturated heterocycles. The van der Waals surface area contributed by atoms with Gasteiger partial charge < -0.3 is 0 Å². The molecule has 0 radical (unpaired) electrons. The molecule has 0 N–H and O–H groups in total. The third-order valence-corrected chi connectivity index (χ3v) is 3.37. The zero-order valence-corrected chi connectivity index (χ0v) is 9.47. The average molecular weight is 205 g/mol. The zero-order chi connectivity index (χ0) is 9.97. The van der Waals surface area contributed by atoms with Gasteiger partial charge in [-0.05, 0) is 30.9 Å². The van der Waals surface area contributed by atoms with Gasteiger partial charge in [0.05, 0.1) is 15.2 Å². The fraction of sp³-hybridized carbons (Fsp3) is 0.417. The van der Waals surface area contributed by atoms with Gasteiger partial charge >= 0.3 is 0 Å². The van der Waals surface area contributed by atoms with Gasteiger partial charge in [-0.25, -0.2) is 4.98 Å². The van der Waals surface area contributed by atoms with Crippen molar-refractivity contribution in [2.75, 3.05) is 0 Å². The fourth-order valence-electron chi connectivity index (χ4n) is 1.44. The van der Waals surface area contributed by atoms with Crippen molar-refractivity contribution in [2.45, 2.75) is 26.7 Å². The van der Waals surface area contributed by atoms with E-state index in [-0.39, 0.29) is 0 Å². The first-order valence-corrected chi connectivity index (χ1v) is 5.92. The Labute approximate surface area is 88.8 Å². The maximum absolute atomic E-state index is 4.60. The Kier molecular flexibility index (Phi) is 2.82. The van der Waals surface area contributed by atoms with E-state index in [4.69, 9.17) is 0 Å². The predicted octanol–water partition coefficient (Wildman–Crippen LogP) is 3.88. The van der Waals surface area contributed by atoms with Crippen molar-refractivity contribution in [2.24, 2.45) is 5.92 Å². The smallest absolute Gasteiger partial charge is 0.0938 e. The molecule has 0 atom stereocenters. The van der Waals surface area contributed by atoms with Crippen LogP contribution in [0.15, 0.2) is 24.3 Å². The molecule has 2 aromatic rings. The number of hydrogen-bond acceptors (Lipinski definition) is 2. The Balaban J connectivity index is 2.19. The van der Waals surface area contributed by atoms with E-state index in [0.29, 0.717) is 0 Å². The van der Waals surface area contributed by atoms with Crippen LogP contribution < -0.4 is 0 Å². The minimum atomic E-state index is 0.766. The van der Waals surface area contributed by atoms with Gasteiger partial charge in [0, 0.05) is 0 Å². The molecule has 0 amide bonds. The van der Waals surface area contributed by atoms with Gasteiger partial charge in [0.2, 0.25) is 0 Å². The number of thiazole rings is 1. The average Bonchev–Trinajstić information content (AvgIpc) is 2.57. The molecule has 0 aliphatic heterocycles. The van der Waals surface area contributed by atoms with Crippen LogP contribution in [0, 0.1) is 5.92 Å². The third-order valence-electron chi connectivity index (χ3n) is 2.27.